The Bertz CT molecular complexity index is 5160. The fourth-order valence-electron chi connectivity index (χ4n) is 12.6. The van der Waals surface area contributed by atoms with Gasteiger partial charge >= 0.3 is 0 Å². The Morgan fingerprint density at radius 1 is 0.232 bits per heavy atom. The molecule has 0 amide bonds. The minimum absolute atomic E-state index is 0.521. The van der Waals surface area contributed by atoms with Gasteiger partial charge in [0.25, 0.3) is 0 Å². The lowest BCUT2D eigenvalue weighted by molar-refractivity contribution is 0.668. The molecule has 0 spiro atoms. The van der Waals surface area contributed by atoms with Crippen LogP contribution in [0, 0.1) is 0 Å². The van der Waals surface area contributed by atoms with E-state index in [-0.39, 0.29) is 0 Å². The van der Waals surface area contributed by atoms with Crippen molar-refractivity contribution in [2.75, 3.05) is 0 Å². The molecule has 0 aliphatic heterocycles. The van der Waals surface area contributed by atoms with Gasteiger partial charge in [-0.3, -0.25) is 0 Å². The van der Waals surface area contributed by atoms with Crippen molar-refractivity contribution in [3.8, 4) is 78.9 Å². The molecule has 17 rings (SSSR count). The summed E-state index contributed by atoms with van der Waals surface area (Å²) in [7, 11) is 0. The van der Waals surface area contributed by atoms with Crippen molar-refractivity contribution in [2.45, 2.75) is 0 Å². The summed E-state index contributed by atoms with van der Waals surface area (Å²) in [4.78, 5) is 16.2. The van der Waals surface area contributed by atoms with Gasteiger partial charge in [-0.05, 0) is 107 Å². The average Bonchev–Trinajstić information content (AvgIpc) is 4.39. The maximum Gasteiger partial charge on any atom is 0.164 e. The molecule has 0 saturated heterocycles. The number of rotatable bonds is 8. The molecule has 7 heteroatoms. The van der Waals surface area contributed by atoms with Gasteiger partial charge in [0.05, 0.1) is 27.8 Å². The van der Waals surface area contributed by atoms with Crippen molar-refractivity contribution < 1.29 is 8.83 Å². The van der Waals surface area contributed by atoms with E-state index in [0.29, 0.717) is 17.5 Å². The van der Waals surface area contributed by atoms with Crippen LogP contribution < -0.4 is 0 Å². The standard InChI is InChI=1S/C75H45N5O2/c1-4-18-46(19-5-1)49-34-39-66-63(40-49)56-38-35-53(79-64-28-14-10-24-54(64)55-25-11-15-29-65(55)79)45-67(56)80(66)72-61(47-20-6-2-7-21-47)41-52(42-62(72)48-22-8-3-9-23-48)75-77-73(50-32-36-59-57-26-12-16-30-68(57)81-70(59)43-50)76-74(78-75)51-33-37-60-58-27-13-17-31-69(58)82-71(60)44-51/h1-45H. The highest BCUT2D eigenvalue weighted by molar-refractivity contribution is 6.14. The Morgan fingerprint density at radius 3 is 1.20 bits per heavy atom. The van der Waals surface area contributed by atoms with Crippen LogP contribution in [0.15, 0.2) is 282 Å². The summed E-state index contributed by atoms with van der Waals surface area (Å²) in [6, 6.07) is 96.8. The fraction of sp³-hybridized carbons (Fsp3) is 0. The molecule has 82 heavy (non-hydrogen) atoms. The first-order chi connectivity index (χ1) is 40.6. The molecule has 0 aliphatic rings. The summed E-state index contributed by atoms with van der Waals surface area (Å²) in [5.41, 5.74) is 18.7. The van der Waals surface area contributed by atoms with E-state index in [2.05, 4.69) is 234 Å². The fourth-order valence-corrected chi connectivity index (χ4v) is 12.6. The van der Waals surface area contributed by atoms with Crippen LogP contribution in [-0.2, 0) is 0 Å². The molecule has 5 aromatic heterocycles. The molecular weight excluding hydrogens is 1000 g/mol. The van der Waals surface area contributed by atoms with Gasteiger partial charge < -0.3 is 18.0 Å². The van der Waals surface area contributed by atoms with E-state index in [9.17, 15) is 0 Å². The molecule has 0 saturated carbocycles. The second-order valence-corrected chi connectivity index (χ2v) is 21.1. The summed E-state index contributed by atoms with van der Waals surface area (Å²) in [6.45, 7) is 0. The van der Waals surface area contributed by atoms with E-state index >= 15 is 0 Å². The van der Waals surface area contributed by atoms with Gasteiger partial charge in [-0.25, -0.2) is 15.0 Å². The Hall–Kier alpha value is -11.2. The molecule has 0 fully saturated rings. The summed E-state index contributed by atoms with van der Waals surface area (Å²) in [5, 5.41) is 8.92. The van der Waals surface area contributed by atoms with Crippen molar-refractivity contribution in [3.63, 3.8) is 0 Å². The largest absolute Gasteiger partial charge is 0.456 e. The number of para-hydroxylation sites is 4. The molecule has 0 bridgehead atoms. The molecule has 382 valence electrons. The highest BCUT2D eigenvalue weighted by Gasteiger charge is 2.25. The number of aromatic nitrogens is 5. The number of benzene rings is 12. The van der Waals surface area contributed by atoms with Crippen LogP contribution in [0.4, 0.5) is 0 Å². The van der Waals surface area contributed by atoms with Crippen molar-refractivity contribution in [2.24, 2.45) is 0 Å². The van der Waals surface area contributed by atoms with Crippen molar-refractivity contribution in [3.05, 3.63) is 273 Å². The summed E-state index contributed by atoms with van der Waals surface area (Å²) in [5.74, 6) is 1.57. The Balaban J connectivity index is 0.954. The molecule has 5 heterocycles. The number of fused-ring (bicyclic) bond motifs is 12. The molecular formula is C75H45N5O2. The van der Waals surface area contributed by atoms with Crippen LogP contribution in [-0.4, -0.2) is 24.1 Å². The first-order valence-corrected chi connectivity index (χ1v) is 27.6. The molecule has 0 N–H and O–H groups in total. The highest BCUT2D eigenvalue weighted by atomic mass is 16.3. The van der Waals surface area contributed by atoms with E-state index in [1.54, 1.807) is 0 Å². The van der Waals surface area contributed by atoms with Gasteiger partial charge in [0.15, 0.2) is 17.5 Å². The molecule has 12 aromatic carbocycles. The second-order valence-electron chi connectivity index (χ2n) is 21.1. The van der Waals surface area contributed by atoms with E-state index in [1.165, 1.54) is 10.8 Å². The Labute approximate surface area is 469 Å². The zero-order chi connectivity index (χ0) is 53.8. The smallest absolute Gasteiger partial charge is 0.164 e. The number of nitrogens with zero attached hydrogens (tertiary/aromatic N) is 5. The normalized spacial score (nSPS) is 11.9. The zero-order valence-electron chi connectivity index (χ0n) is 44.0. The van der Waals surface area contributed by atoms with Crippen LogP contribution in [0.5, 0.6) is 0 Å². The molecule has 0 unspecified atom stereocenters. The molecule has 0 aliphatic carbocycles. The average molecular weight is 1050 g/mol. The second kappa shape index (κ2) is 18.2. The van der Waals surface area contributed by atoms with Gasteiger partial charge in [-0.1, -0.05) is 188 Å². The predicted octanol–water partition coefficient (Wildman–Crippen LogP) is 19.9. The maximum atomic E-state index is 6.47. The SMILES string of the molecule is c1ccc(-c2ccc3c(c2)c2ccc(-n4c5ccccc5c5ccccc54)cc2n3-c2c(-c3ccccc3)cc(-c3nc(-c4ccc5c(c4)oc4ccccc45)nc(-c4ccc5c(c4)oc4ccccc45)n3)cc2-c2ccccc2)cc1. The Morgan fingerprint density at radius 2 is 0.646 bits per heavy atom. The maximum absolute atomic E-state index is 6.47. The van der Waals surface area contributed by atoms with Crippen LogP contribution in [0.3, 0.4) is 0 Å². The summed E-state index contributed by atoms with van der Waals surface area (Å²) in [6.07, 6.45) is 0. The van der Waals surface area contributed by atoms with E-state index in [1.807, 2.05) is 48.5 Å². The van der Waals surface area contributed by atoms with E-state index in [0.717, 1.165) is 138 Å². The Kier molecular flexibility index (Phi) is 10.2. The van der Waals surface area contributed by atoms with Crippen molar-refractivity contribution in [1.82, 2.24) is 24.1 Å². The number of hydrogen-bond donors (Lipinski definition) is 0. The van der Waals surface area contributed by atoms with Gasteiger partial charge in [-0.15, -0.1) is 0 Å². The first-order valence-electron chi connectivity index (χ1n) is 27.6. The quantitative estimate of drug-likeness (QED) is 0.152. The van der Waals surface area contributed by atoms with Gasteiger partial charge in [0, 0.05) is 76.6 Å². The van der Waals surface area contributed by atoms with Gasteiger partial charge in [0.1, 0.15) is 22.3 Å². The third-order valence-electron chi connectivity index (χ3n) is 16.4. The third kappa shape index (κ3) is 7.27. The molecule has 7 nitrogen and oxygen atoms in total. The molecule has 0 radical (unpaired) electrons. The molecule has 0 atom stereocenters. The zero-order valence-corrected chi connectivity index (χ0v) is 44.0. The lowest BCUT2D eigenvalue weighted by Crippen LogP contribution is -2.04. The van der Waals surface area contributed by atoms with Crippen LogP contribution in [0.2, 0.25) is 0 Å². The van der Waals surface area contributed by atoms with Gasteiger partial charge in [-0.2, -0.15) is 0 Å². The molecule has 17 aromatic rings. The van der Waals surface area contributed by atoms with Crippen LogP contribution in [0.1, 0.15) is 0 Å². The summed E-state index contributed by atoms with van der Waals surface area (Å²) >= 11 is 0. The third-order valence-corrected chi connectivity index (χ3v) is 16.4. The lowest BCUT2D eigenvalue weighted by Gasteiger charge is -2.21. The van der Waals surface area contributed by atoms with Crippen molar-refractivity contribution in [1.29, 1.82) is 0 Å². The monoisotopic (exact) mass is 1050 g/mol. The topological polar surface area (TPSA) is 74.8 Å². The summed E-state index contributed by atoms with van der Waals surface area (Å²) < 4.78 is 17.8. The minimum atomic E-state index is 0.521. The number of hydrogen-bond acceptors (Lipinski definition) is 5. The van der Waals surface area contributed by atoms with E-state index in [4.69, 9.17) is 23.8 Å². The van der Waals surface area contributed by atoms with Crippen LogP contribution in [0.25, 0.3) is 166 Å². The minimum Gasteiger partial charge on any atom is -0.456 e. The van der Waals surface area contributed by atoms with Crippen molar-refractivity contribution >= 4 is 87.5 Å². The van der Waals surface area contributed by atoms with E-state index < -0.39 is 0 Å². The van der Waals surface area contributed by atoms with Crippen LogP contribution >= 0.6 is 0 Å². The number of furan rings is 2. The highest BCUT2D eigenvalue weighted by Crippen LogP contribution is 2.46. The lowest BCUT2D eigenvalue weighted by atomic mass is 9.92. The van der Waals surface area contributed by atoms with Gasteiger partial charge in [0.2, 0.25) is 0 Å². The first kappa shape index (κ1) is 45.8. The predicted molar refractivity (Wildman–Crippen MR) is 336 cm³/mol.